The Balaban J connectivity index is 1.02. The van der Waals surface area contributed by atoms with E-state index in [-0.39, 0.29) is 53.1 Å². The van der Waals surface area contributed by atoms with Crippen LogP contribution in [0.1, 0.15) is 79.9 Å². The average Bonchev–Trinajstić information content (AvgIpc) is 3.97. The molecular weight excluding hydrogens is 836 g/mol. The summed E-state index contributed by atoms with van der Waals surface area (Å²) in [7, 11) is 1.12. The molecule has 1 aliphatic carbocycles. The van der Waals surface area contributed by atoms with Gasteiger partial charge < -0.3 is 44.6 Å². The number of ether oxygens (including phenoxy) is 2. The van der Waals surface area contributed by atoms with Gasteiger partial charge in [0, 0.05) is 55.2 Å². The molecule has 1 aliphatic rings. The summed E-state index contributed by atoms with van der Waals surface area (Å²) in [6.45, 7) is 11.8. The number of carbonyl (C=O) groups is 2. The number of benzene rings is 2. The highest BCUT2D eigenvalue weighted by Crippen LogP contribution is 2.42. The van der Waals surface area contributed by atoms with Gasteiger partial charge in [-0.3, -0.25) is 9.59 Å². The van der Waals surface area contributed by atoms with E-state index in [0.717, 1.165) is 18.4 Å². The van der Waals surface area contributed by atoms with Crippen molar-refractivity contribution in [2.75, 3.05) is 32.6 Å². The number of aromatic amines is 1. The first kappa shape index (κ1) is 46.1. The van der Waals surface area contributed by atoms with Crippen LogP contribution in [0.25, 0.3) is 10.9 Å². The number of carbonyl (C=O) groups excluding carboxylic acids is 2. The largest absolute Gasteiger partial charge is 0.506 e. The molecule has 1 fully saturated rings. The number of pyridine rings is 1. The molecule has 0 aliphatic heterocycles. The van der Waals surface area contributed by atoms with Crippen LogP contribution in [0.5, 0.6) is 11.5 Å². The molecule has 3 heterocycles. The number of aromatic nitrogens is 1. The molecule has 12 nitrogen and oxygen atoms in total. The fraction of sp³-hybridized carbons (Fsp3) is 0.444. The molecule has 1 amide bonds. The van der Waals surface area contributed by atoms with Crippen LogP contribution >= 0.6 is 22.7 Å². The maximum Gasteiger partial charge on any atom is 0.349 e. The highest BCUT2D eigenvalue weighted by atomic mass is 32.1. The molecule has 5 N–H and O–H groups in total. The number of phenolic OH excluding ortho intramolecular Hbond substituents is 1. The summed E-state index contributed by atoms with van der Waals surface area (Å²) in [5.41, 5.74) is -0.472. The molecule has 0 radical (unpaired) electrons. The Labute approximate surface area is 365 Å². The number of fused-ring (bicyclic) bond motifs is 1. The second kappa shape index (κ2) is 19.3. The van der Waals surface area contributed by atoms with Crippen LogP contribution in [0.15, 0.2) is 76.2 Å². The Bertz CT molecular complexity index is 2310. The maximum atomic E-state index is 15.6. The van der Waals surface area contributed by atoms with Gasteiger partial charge in [0.25, 0.3) is 0 Å². The lowest BCUT2D eigenvalue weighted by atomic mass is 9.91. The van der Waals surface area contributed by atoms with E-state index in [4.69, 9.17) is 13.9 Å². The molecule has 0 spiro atoms. The Morgan fingerprint density at radius 3 is 2.30 bits per heavy atom. The first-order chi connectivity index (χ1) is 28.9. The van der Waals surface area contributed by atoms with Crippen LogP contribution < -0.4 is 20.9 Å². The molecule has 16 heteroatoms. The van der Waals surface area contributed by atoms with Gasteiger partial charge in [0.1, 0.15) is 23.4 Å². The Morgan fingerprint density at radius 1 is 1.02 bits per heavy atom. The zero-order valence-electron chi connectivity index (χ0n) is 35.8. The van der Waals surface area contributed by atoms with Crippen LogP contribution in [-0.2, 0) is 30.9 Å². The van der Waals surface area contributed by atoms with Crippen molar-refractivity contribution in [3.8, 4) is 11.5 Å². The quantitative estimate of drug-likeness (QED) is 0.0453. The van der Waals surface area contributed by atoms with Gasteiger partial charge in [-0.05, 0) is 97.5 Å². The Kier molecular flexibility index (Phi) is 14.6. The number of thiophene rings is 2. The summed E-state index contributed by atoms with van der Waals surface area (Å²) in [6, 6.07) is 16.5. The number of methoxy groups -OCH3 is 1. The van der Waals surface area contributed by atoms with E-state index in [9.17, 15) is 24.6 Å². The topological polar surface area (TPSA) is 162 Å². The lowest BCUT2D eigenvalue weighted by Crippen LogP contribution is -2.43. The van der Waals surface area contributed by atoms with Gasteiger partial charge in [0.05, 0.1) is 34.2 Å². The summed E-state index contributed by atoms with van der Waals surface area (Å²) >= 11 is 2.62. The molecule has 61 heavy (non-hydrogen) atoms. The van der Waals surface area contributed by atoms with Gasteiger partial charge in [-0.25, -0.2) is 9.18 Å². The highest BCUT2D eigenvalue weighted by Gasteiger charge is 2.45. The molecule has 328 valence electrons. The third-order valence-corrected chi connectivity index (χ3v) is 18.5. The molecular formula is C45H57FN4O8S2Si. The number of phenols is 1. The zero-order valence-corrected chi connectivity index (χ0v) is 38.4. The number of nitrogens with one attached hydrogen (secondary N) is 3. The average molecular weight is 893 g/mol. The predicted molar refractivity (Wildman–Crippen MR) is 242 cm³/mol. The van der Waals surface area contributed by atoms with Crippen molar-refractivity contribution in [3.05, 3.63) is 108 Å². The standard InChI is InChI=1S/C45H57FN4O8S2Si/c1-44(2,3)61(6,7)58-37(31-16-18-35(51)42-32(31)17-19-40(52)49-42)27-47-26-28-24-33(46)34(25-36(28)56-5)48-41(53)20-21-50(4)29-12-14-30(15-13-29)57-43(54)45(55,38-10-8-22-59-38)39-11-9-23-60-39/h8-11,16-19,22-25,29-30,37,47,51,55H,12-15,20-21,26-27H2,1-7H3,(H,48,53)(H,49,52)/t29?,30?,37-/m1/s1. The number of rotatable bonds is 17. The summed E-state index contributed by atoms with van der Waals surface area (Å²) in [4.78, 5) is 44.5. The summed E-state index contributed by atoms with van der Waals surface area (Å²) in [5, 5.41) is 32.5. The minimum atomic E-state index is -2.32. The van der Waals surface area contributed by atoms with E-state index >= 15 is 4.39 Å². The van der Waals surface area contributed by atoms with E-state index < -0.39 is 31.8 Å². The monoisotopic (exact) mass is 892 g/mol. The van der Waals surface area contributed by atoms with Crippen molar-refractivity contribution in [1.82, 2.24) is 15.2 Å². The van der Waals surface area contributed by atoms with Crippen molar-refractivity contribution >= 4 is 59.5 Å². The number of amides is 1. The van der Waals surface area contributed by atoms with Gasteiger partial charge in [-0.1, -0.05) is 39.0 Å². The van der Waals surface area contributed by atoms with Crippen molar-refractivity contribution in [3.63, 3.8) is 0 Å². The van der Waals surface area contributed by atoms with E-state index in [0.29, 0.717) is 57.9 Å². The number of aromatic hydroxyl groups is 1. The molecule has 0 bridgehead atoms. The minimum absolute atomic E-state index is 0.0179. The molecule has 3 aromatic heterocycles. The molecule has 1 atom stereocenters. The highest BCUT2D eigenvalue weighted by molar-refractivity contribution is 7.12. The van der Waals surface area contributed by atoms with E-state index in [1.807, 2.05) is 17.8 Å². The first-order valence-electron chi connectivity index (χ1n) is 20.5. The smallest absolute Gasteiger partial charge is 0.349 e. The molecule has 6 rings (SSSR count). The predicted octanol–water partition coefficient (Wildman–Crippen LogP) is 8.41. The molecule has 5 aromatic rings. The van der Waals surface area contributed by atoms with Gasteiger partial charge in [0.2, 0.25) is 17.1 Å². The number of nitrogens with zero attached hydrogens (tertiary/aromatic N) is 1. The van der Waals surface area contributed by atoms with Crippen LogP contribution in [-0.4, -0.2) is 79.7 Å². The number of H-pyrrole nitrogens is 1. The van der Waals surface area contributed by atoms with Gasteiger partial charge in [-0.2, -0.15) is 0 Å². The fourth-order valence-corrected chi connectivity index (χ4v) is 10.4. The van der Waals surface area contributed by atoms with Crippen LogP contribution in [0.3, 0.4) is 0 Å². The third-order valence-electron chi connectivity index (χ3n) is 12.1. The number of aliphatic hydroxyl groups is 1. The van der Waals surface area contributed by atoms with Crippen LogP contribution in [0, 0.1) is 5.82 Å². The summed E-state index contributed by atoms with van der Waals surface area (Å²) in [5.74, 6) is -1.24. The SMILES string of the molecule is COc1cc(NC(=O)CCN(C)C2CCC(OC(=O)C(O)(c3cccs3)c3cccs3)CC2)c(F)cc1CNC[C@@H](O[Si](C)(C)C(C)(C)C)c1ccc(O)c2[nH]c(=O)ccc12. The summed E-state index contributed by atoms with van der Waals surface area (Å²) in [6.07, 6.45) is 2.11. The number of hydrogen-bond donors (Lipinski definition) is 5. The summed E-state index contributed by atoms with van der Waals surface area (Å²) < 4.78 is 34.0. The number of esters is 1. The van der Waals surface area contributed by atoms with Gasteiger partial charge >= 0.3 is 5.97 Å². The van der Waals surface area contributed by atoms with Crippen LogP contribution in [0.4, 0.5) is 10.1 Å². The fourth-order valence-electron chi connectivity index (χ4n) is 7.45. The van der Waals surface area contributed by atoms with Crippen molar-refractivity contribution < 1.29 is 38.1 Å². The van der Waals surface area contributed by atoms with Crippen molar-refractivity contribution in [1.29, 1.82) is 0 Å². The Morgan fingerprint density at radius 2 is 1.69 bits per heavy atom. The first-order valence-corrected chi connectivity index (χ1v) is 25.2. The zero-order chi connectivity index (χ0) is 44.1. The maximum absolute atomic E-state index is 15.6. The van der Waals surface area contributed by atoms with Gasteiger partial charge in [0.15, 0.2) is 8.32 Å². The molecule has 1 saturated carbocycles. The van der Waals surface area contributed by atoms with Crippen molar-refractivity contribution in [2.45, 2.75) is 101 Å². The van der Waals surface area contributed by atoms with Crippen molar-refractivity contribution in [2.24, 2.45) is 0 Å². The lowest BCUT2D eigenvalue weighted by molar-refractivity contribution is -0.169. The second-order valence-electron chi connectivity index (χ2n) is 17.2. The van der Waals surface area contributed by atoms with Crippen LogP contribution in [0.2, 0.25) is 18.1 Å². The number of anilines is 1. The normalized spacial score (nSPS) is 16.8. The van der Waals surface area contributed by atoms with Gasteiger partial charge in [-0.15, -0.1) is 22.7 Å². The van der Waals surface area contributed by atoms with E-state index in [2.05, 4.69) is 54.4 Å². The minimum Gasteiger partial charge on any atom is -0.506 e. The molecule has 2 aromatic carbocycles. The third kappa shape index (κ3) is 10.6. The van der Waals surface area contributed by atoms with E-state index in [1.54, 1.807) is 42.5 Å². The lowest BCUT2D eigenvalue weighted by Gasteiger charge is -2.39. The number of hydrogen-bond acceptors (Lipinski definition) is 12. The van der Waals surface area contributed by atoms with E-state index in [1.165, 1.54) is 48.0 Å². The second-order valence-corrected chi connectivity index (χ2v) is 23.9. The Hall–Kier alpha value is -4.42. The molecule has 0 unspecified atom stereocenters. The number of halogens is 1. The molecule has 0 saturated heterocycles.